The summed E-state index contributed by atoms with van der Waals surface area (Å²) in [5.74, 6) is 1.22. The number of benzene rings is 2. The fourth-order valence-corrected chi connectivity index (χ4v) is 3.48. The number of carbonyl (C=O) groups excluding carboxylic acids is 1. The average Bonchev–Trinajstić information content (AvgIpc) is 3.14. The number of fused-ring (bicyclic) bond motifs is 1. The second kappa shape index (κ2) is 7.26. The van der Waals surface area contributed by atoms with Crippen LogP contribution in [0.2, 0.25) is 0 Å². The average molecular weight is 375 g/mol. The van der Waals surface area contributed by atoms with Crippen LogP contribution in [0, 0.1) is 6.92 Å². The Morgan fingerprint density at radius 2 is 2.00 bits per heavy atom. The molecule has 0 bridgehead atoms. The molecule has 0 fully saturated rings. The first kappa shape index (κ1) is 17.9. The summed E-state index contributed by atoms with van der Waals surface area (Å²) in [4.78, 5) is 12.3. The van der Waals surface area contributed by atoms with Crippen molar-refractivity contribution in [2.75, 3.05) is 5.32 Å². The molecule has 7 nitrogen and oxygen atoms in total. The van der Waals surface area contributed by atoms with Crippen molar-refractivity contribution in [2.24, 2.45) is 0 Å². The van der Waals surface area contributed by atoms with Crippen LogP contribution in [-0.4, -0.2) is 26.0 Å². The second-order valence-corrected chi connectivity index (χ2v) is 6.86. The summed E-state index contributed by atoms with van der Waals surface area (Å²) >= 11 is 0. The molecule has 0 saturated heterocycles. The molecule has 0 spiro atoms. The molecule has 0 radical (unpaired) electrons. The number of anilines is 1. The van der Waals surface area contributed by atoms with Crippen LogP contribution in [0.3, 0.4) is 0 Å². The molecule has 2 heterocycles. The summed E-state index contributed by atoms with van der Waals surface area (Å²) in [7, 11) is 0. The van der Waals surface area contributed by atoms with Crippen molar-refractivity contribution in [3.63, 3.8) is 0 Å². The topological polar surface area (TPSA) is 81.9 Å². The van der Waals surface area contributed by atoms with E-state index in [1.54, 1.807) is 11.6 Å². The largest absolute Gasteiger partial charge is 0.489 e. The van der Waals surface area contributed by atoms with Gasteiger partial charge < -0.3 is 10.1 Å². The van der Waals surface area contributed by atoms with Gasteiger partial charge in [0.2, 0.25) is 5.95 Å². The fraction of sp³-hybridized carbons (Fsp3) is 0.238. The smallest absolute Gasteiger partial charge is 0.248 e. The van der Waals surface area contributed by atoms with Gasteiger partial charge in [-0.15, -0.1) is 0 Å². The van der Waals surface area contributed by atoms with Gasteiger partial charge in [0.15, 0.2) is 5.78 Å². The highest BCUT2D eigenvalue weighted by Crippen LogP contribution is 2.35. The Hall–Kier alpha value is -3.48. The summed E-state index contributed by atoms with van der Waals surface area (Å²) in [6, 6.07) is 15.5. The number of nitrogens with one attached hydrogen (secondary N) is 1. The number of Topliss-reactive ketones (excluding diaryl/α,β-unsaturated/α-hetero) is 1. The van der Waals surface area contributed by atoms with E-state index < -0.39 is 6.04 Å². The molecule has 28 heavy (non-hydrogen) atoms. The molecule has 1 aliphatic heterocycles. The van der Waals surface area contributed by atoms with Gasteiger partial charge in [-0.05, 0) is 60.0 Å². The van der Waals surface area contributed by atoms with Gasteiger partial charge in [0, 0.05) is 11.3 Å². The van der Waals surface area contributed by atoms with Crippen LogP contribution in [0.4, 0.5) is 5.95 Å². The Labute approximate surface area is 163 Å². The van der Waals surface area contributed by atoms with Crippen molar-refractivity contribution >= 4 is 11.7 Å². The summed E-state index contributed by atoms with van der Waals surface area (Å²) in [5.41, 5.74) is 4.61. The predicted octanol–water partition coefficient (Wildman–Crippen LogP) is 3.44. The molecule has 0 aliphatic carbocycles. The molecule has 3 aromatic rings. The van der Waals surface area contributed by atoms with Gasteiger partial charge in [-0.2, -0.15) is 4.68 Å². The lowest BCUT2D eigenvalue weighted by Gasteiger charge is -2.27. The number of tetrazole rings is 1. The van der Waals surface area contributed by atoms with Gasteiger partial charge in [0.25, 0.3) is 0 Å². The number of nitrogens with zero attached hydrogens (tertiary/aromatic N) is 4. The van der Waals surface area contributed by atoms with Gasteiger partial charge in [-0.25, -0.2) is 0 Å². The van der Waals surface area contributed by atoms with Crippen molar-refractivity contribution in [2.45, 2.75) is 33.4 Å². The molecule has 1 aliphatic rings. The summed E-state index contributed by atoms with van der Waals surface area (Å²) in [5, 5.41) is 14.9. The lowest BCUT2D eigenvalue weighted by atomic mass is 9.93. The van der Waals surface area contributed by atoms with Crippen molar-refractivity contribution in [1.82, 2.24) is 20.2 Å². The van der Waals surface area contributed by atoms with Gasteiger partial charge in [-0.3, -0.25) is 4.79 Å². The Kier molecular flexibility index (Phi) is 4.65. The monoisotopic (exact) mass is 375 g/mol. The van der Waals surface area contributed by atoms with E-state index in [0.717, 1.165) is 22.6 Å². The standard InChI is InChI=1S/C21H21N5O2/c1-13-7-4-5-8-17(13)12-28-18-10-6-9-16(11-18)20-19(15(3)27)14(2)22-21-23-24-25-26(20)21/h4-11,20H,12H2,1-3H3,(H,22,23,25). The van der Waals surface area contributed by atoms with Crippen LogP contribution in [0.25, 0.3) is 0 Å². The molecule has 1 atom stereocenters. The van der Waals surface area contributed by atoms with E-state index in [0.29, 0.717) is 18.1 Å². The SMILES string of the molecule is CC(=O)C1=C(C)Nc2nnnn2C1c1cccc(OCc2ccccc2C)c1. The molecule has 0 amide bonds. The third-order valence-corrected chi connectivity index (χ3v) is 4.92. The van der Waals surface area contributed by atoms with Crippen molar-refractivity contribution in [3.05, 3.63) is 76.5 Å². The van der Waals surface area contributed by atoms with E-state index in [1.165, 1.54) is 5.56 Å². The van der Waals surface area contributed by atoms with Crippen LogP contribution in [0.1, 0.15) is 36.6 Å². The van der Waals surface area contributed by atoms with Crippen molar-refractivity contribution in [1.29, 1.82) is 0 Å². The summed E-state index contributed by atoms with van der Waals surface area (Å²) < 4.78 is 7.65. The lowest BCUT2D eigenvalue weighted by Crippen LogP contribution is -2.27. The van der Waals surface area contributed by atoms with E-state index in [1.807, 2.05) is 43.3 Å². The molecule has 142 valence electrons. The Morgan fingerprint density at radius 3 is 2.79 bits per heavy atom. The van der Waals surface area contributed by atoms with Crippen molar-refractivity contribution in [3.8, 4) is 5.75 Å². The van der Waals surface area contributed by atoms with Crippen LogP contribution < -0.4 is 10.1 Å². The zero-order valence-corrected chi connectivity index (χ0v) is 16.0. The molecule has 0 saturated carbocycles. The third kappa shape index (κ3) is 3.26. The molecule has 1 aromatic heterocycles. The zero-order chi connectivity index (χ0) is 19.7. The fourth-order valence-electron chi connectivity index (χ4n) is 3.48. The normalized spacial score (nSPS) is 15.8. The number of hydrogen-bond donors (Lipinski definition) is 1. The summed E-state index contributed by atoms with van der Waals surface area (Å²) in [6.07, 6.45) is 0. The maximum atomic E-state index is 12.3. The molecule has 4 rings (SSSR count). The van der Waals surface area contributed by atoms with Crippen LogP contribution in [0.5, 0.6) is 5.75 Å². The molecule has 2 aromatic carbocycles. The van der Waals surface area contributed by atoms with E-state index in [9.17, 15) is 4.79 Å². The number of carbonyl (C=O) groups is 1. The van der Waals surface area contributed by atoms with E-state index >= 15 is 0 Å². The maximum absolute atomic E-state index is 12.3. The minimum Gasteiger partial charge on any atom is -0.489 e. The number of aryl methyl sites for hydroxylation is 1. The Bertz CT molecular complexity index is 1070. The number of ether oxygens (including phenoxy) is 1. The van der Waals surface area contributed by atoms with Crippen LogP contribution >= 0.6 is 0 Å². The molecule has 7 heteroatoms. The van der Waals surface area contributed by atoms with Gasteiger partial charge in [0.1, 0.15) is 18.4 Å². The van der Waals surface area contributed by atoms with Crippen molar-refractivity contribution < 1.29 is 9.53 Å². The van der Waals surface area contributed by atoms with E-state index in [4.69, 9.17) is 4.74 Å². The van der Waals surface area contributed by atoms with Gasteiger partial charge >= 0.3 is 0 Å². The number of hydrogen-bond acceptors (Lipinski definition) is 6. The van der Waals surface area contributed by atoms with E-state index in [-0.39, 0.29) is 5.78 Å². The highest BCUT2D eigenvalue weighted by molar-refractivity contribution is 5.96. The number of ketones is 1. The lowest BCUT2D eigenvalue weighted by molar-refractivity contribution is -0.114. The number of allylic oxidation sites excluding steroid dienone is 2. The van der Waals surface area contributed by atoms with Gasteiger partial charge in [-0.1, -0.05) is 41.5 Å². The van der Waals surface area contributed by atoms with Crippen LogP contribution in [-0.2, 0) is 11.4 Å². The second-order valence-electron chi connectivity index (χ2n) is 6.86. The molecule has 1 unspecified atom stereocenters. The highest BCUT2D eigenvalue weighted by atomic mass is 16.5. The number of aromatic nitrogens is 4. The first-order valence-corrected chi connectivity index (χ1v) is 9.08. The first-order valence-electron chi connectivity index (χ1n) is 9.08. The zero-order valence-electron chi connectivity index (χ0n) is 16.0. The highest BCUT2D eigenvalue weighted by Gasteiger charge is 2.32. The number of rotatable bonds is 5. The van der Waals surface area contributed by atoms with E-state index in [2.05, 4.69) is 39.9 Å². The molecule has 1 N–H and O–H groups in total. The first-order chi connectivity index (χ1) is 13.5. The Morgan fingerprint density at radius 1 is 1.18 bits per heavy atom. The minimum atomic E-state index is -0.397. The predicted molar refractivity (Wildman–Crippen MR) is 105 cm³/mol. The third-order valence-electron chi connectivity index (χ3n) is 4.92. The van der Waals surface area contributed by atoms with Gasteiger partial charge in [0.05, 0.1) is 0 Å². The quantitative estimate of drug-likeness (QED) is 0.736. The molecular weight excluding hydrogens is 354 g/mol. The maximum Gasteiger partial charge on any atom is 0.248 e. The summed E-state index contributed by atoms with van der Waals surface area (Å²) in [6.45, 7) is 5.96. The molecular formula is C21H21N5O2. The Balaban J connectivity index is 1.67. The minimum absolute atomic E-state index is 0.0256. The van der Waals surface area contributed by atoms with Crippen LogP contribution in [0.15, 0.2) is 59.8 Å².